The van der Waals surface area contributed by atoms with E-state index in [2.05, 4.69) is 4.74 Å². The predicted molar refractivity (Wildman–Crippen MR) is 59.5 cm³/mol. The zero-order chi connectivity index (χ0) is 11.0. The number of alkyl halides is 1. The Labute approximate surface area is 92.4 Å². The fourth-order valence-corrected chi connectivity index (χ4v) is 1.53. The molecule has 0 aliphatic heterocycles. The average molecular weight is 223 g/mol. The number of hydrogen-bond donors (Lipinski definition) is 1. The smallest absolute Gasteiger partial charge is 0.466 e. The van der Waals surface area contributed by atoms with Gasteiger partial charge >= 0.3 is 7.40 Å². The van der Waals surface area contributed by atoms with E-state index < -0.39 is 0 Å². The summed E-state index contributed by atoms with van der Waals surface area (Å²) in [6, 6.07) is 0.435. The number of ether oxygens (including phenoxy) is 1. The normalized spacial score (nSPS) is 26.0. The molecule has 0 bridgehead atoms. The van der Waals surface area contributed by atoms with Gasteiger partial charge in [0.25, 0.3) is 0 Å². The van der Waals surface area contributed by atoms with Crippen LogP contribution in [0, 0.1) is 0 Å². The lowest BCUT2D eigenvalue weighted by Gasteiger charge is -2.20. The van der Waals surface area contributed by atoms with Crippen molar-refractivity contribution >= 4 is 17.6 Å². The molecule has 0 saturated heterocycles. The minimum absolute atomic E-state index is 0. The molecular formula is C10H21ClNO2+. The van der Waals surface area contributed by atoms with Crippen LogP contribution in [0.3, 0.4) is 0 Å². The van der Waals surface area contributed by atoms with Crippen molar-refractivity contribution in [2.45, 2.75) is 50.9 Å². The van der Waals surface area contributed by atoms with Gasteiger partial charge in [0.15, 0.2) is 0 Å². The molecule has 1 aliphatic carbocycles. The summed E-state index contributed by atoms with van der Waals surface area (Å²) in [5.74, 6) is -0.211. The first kappa shape index (κ1) is 13.7. The Bertz CT molecular complexity index is 152. The maximum atomic E-state index is 9.82. The molecule has 4 heteroatoms. The van der Waals surface area contributed by atoms with Crippen LogP contribution in [0.5, 0.6) is 0 Å². The molecule has 1 rings (SSSR count). The molecule has 1 saturated carbocycles. The van der Waals surface area contributed by atoms with Crippen LogP contribution in [0.15, 0.2) is 0 Å². The van der Waals surface area contributed by atoms with Gasteiger partial charge in [0.05, 0.1) is 6.61 Å². The number of halogens is 1. The van der Waals surface area contributed by atoms with Crippen molar-refractivity contribution in [3.05, 3.63) is 0 Å². The van der Waals surface area contributed by atoms with Gasteiger partial charge in [-0.15, -0.1) is 11.6 Å². The molecule has 3 nitrogen and oxygen atoms in total. The van der Waals surface area contributed by atoms with Crippen LogP contribution in [0.25, 0.3) is 0 Å². The Morgan fingerprint density at radius 2 is 2.00 bits per heavy atom. The van der Waals surface area contributed by atoms with E-state index in [9.17, 15) is 4.79 Å². The van der Waals surface area contributed by atoms with Crippen LogP contribution in [-0.4, -0.2) is 24.0 Å². The summed E-state index contributed by atoms with van der Waals surface area (Å²) in [4.78, 5) is 9.82. The second-order valence-electron chi connectivity index (χ2n) is 3.44. The summed E-state index contributed by atoms with van der Waals surface area (Å²) in [5, 5.41) is 0.412. The van der Waals surface area contributed by atoms with Gasteiger partial charge in [-0.25, -0.2) is 0 Å². The molecule has 0 aromatic carbocycles. The van der Waals surface area contributed by atoms with Crippen LogP contribution in [0.2, 0.25) is 0 Å². The van der Waals surface area contributed by atoms with E-state index in [0.717, 1.165) is 25.7 Å². The van der Waals surface area contributed by atoms with Crippen LogP contribution >= 0.6 is 11.6 Å². The lowest BCUT2D eigenvalue weighted by molar-refractivity contribution is -0.140. The SMILES string of the molecule is CCOC(C)=O.NC1CCC(Cl)CC1.[H+]. The van der Waals surface area contributed by atoms with E-state index in [-0.39, 0.29) is 7.40 Å². The zero-order valence-electron chi connectivity index (χ0n) is 9.96. The first-order valence-electron chi connectivity index (χ1n) is 5.09. The number of carbonyl (C=O) groups is 1. The van der Waals surface area contributed by atoms with Gasteiger partial charge in [-0.2, -0.15) is 0 Å². The molecule has 0 atom stereocenters. The third kappa shape index (κ3) is 8.32. The highest BCUT2D eigenvalue weighted by molar-refractivity contribution is 6.20. The van der Waals surface area contributed by atoms with E-state index in [1.54, 1.807) is 6.92 Å². The molecule has 0 heterocycles. The maximum Gasteiger partial charge on any atom is 1.00 e. The van der Waals surface area contributed by atoms with Crippen LogP contribution in [0.4, 0.5) is 0 Å². The minimum Gasteiger partial charge on any atom is -0.466 e. The van der Waals surface area contributed by atoms with Gasteiger partial charge in [-0.05, 0) is 32.6 Å². The molecule has 0 radical (unpaired) electrons. The minimum atomic E-state index is -0.211. The molecular weight excluding hydrogens is 202 g/mol. The van der Waals surface area contributed by atoms with Crippen molar-refractivity contribution in [2.75, 3.05) is 6.61 Å². The summed E-state index contributed by atoms with van der Waals surface area (Å²) in [6.45, 7) is 3.65. The Hall–Kier alpha value is -0.280. The van der Waals surface area contributed by atoms with Crippen molar-refractivity contribution in [2.24, 2.45) is 5.73 Å². The fraction of sp³-hybridized carbons (Fsp3) is 0.900. The van der Waals surface area contributed by atoms with Crippen LogP contribution in [-0.2, 0) is 9.53 Å². The molecule has 1 fully saturated rings. The molecule has 2 N–H and O–H groups in total. The first-order valence-corrected chi connectivity index (χ1v) is 5.53. The number of hydrogen-bond acceptors (Lipinski definition) is 3. The first-order chi connectivity index (χ1) is 6.56. The number of carbonyl (C=O) groups excluding carboxylic acids is 1. The number of nitrogens with two attached hydrogens (primary N) is 1. The molecule has 1 aliphatic rings. The van der Waals surface area contributed by atoms with E-state index in [1.165, 1.54) is 6.92 Å². The van der Waals surface area contributed by atoms with Gasteiger partial charge in [0.2, 0.25) is 0 Å². The van der Waals surface area contributed by atoms with Crippen molar-refractivity contribution < 1.29 is 11.0 Å². The summed E-state index contributed by atoms with van der Waals surface area (Å²) in [6.07, 6.45) is 4.47. The molecule has 0 unspecified atom stereocenters. The summed E-state index contributed by atoms with van der Waals surface area (Å²) in [5.41, 5.74) is 5.64. The second-order valence-corrected chi connectivity index (χ2v) is 4.05. The van der Waals surface area contributed by atoms with Crippen molar-refractivity contribution in [3.8, 4) is 0 Å². The highest BCUT2D eigenvalue weighted by atomic mass is 35.5. The molecule has 0 spiro atoms. The quantitative estimate of drug-likeness (QED) is 0.547. The highest BCUT2D eigenvalue weighted by Gasteiger charge is 2.15. The third-order valence-electron chi connectivity index (χ3n) is 2.05. The largest absolute Gasteiger partial charge is 1.00 e. The van der Waals surface area contributed by atoms with Gasteiger partial charge in [0.1, 0.15) is 0 Å². The Morgan fingerprint density at radius 3 is 2.21 bits per heavy atom. The average Bonchev–Trinajstić information content (AvgIpc) is 2.11. The van der Waals surface area contributed by atoms with Crippen molar-refractivity contribution in [3.63, 3.8) is 0 Å². The van der Waals surface area contributed by atoms with Gasteiger partial charge in [0, 0.05) is 18.3 Å². The summed E-state index contributed by atoms with van der Waals surface area (Å²) in [7, 11) is 0. The second kappa shape index (κ2) is 8.06. The fourth-order valence-electron chi connectivity index (χ4n) is 1.28. The van der Waals surface area contributed by atoms with E-state index in [4.69, 9.17) is 17.3 Å². The zero-order valence-corrected chi connectivity index (χ0v) is 9.72. The van der Waals surface area contributed by atoms with Crippen LogP contribution < -0.4 is 5.73 Å². The van der Waals surface area contributed by atoms with Crippen molar-refractivity contribution in [1.82, 2.24) is 0 Å². The molecule has 14 heavy (non-hydrogen) atoms. The molecule has 84 valence electrons. The van der Waals surface area contributed by atoms with E-state index in [1.807, 2.05) is 0 Å². The monoisotopic (exact) mass is 222 g/mol. The van der Waals surface area contributed by atoms with Gasteiger partial charge in [-0.3, -0.25) is 4.79 Å². The standard InChI is InChI=1S/C6H12ClN.C4H8O2/c7-5-1-3-6(8)4-2-5;1-3-6-4(2)5/h5-6H,1-4,8H2;3H2,1-2H3/p+1. The predicted octanol–water partition coefficient (Wildman–Crippen LogP) is 2.18. The summed E-state index contributed by atoms with van der Waals surface area (Å²) >= 11 is 5.83. The highest BCUT2D eigenvalue weighted by Crippen LogP contribution is 2.20. The molecule has 0 amide bonds. The number of rotatable bonds is 1. The maximum absolute atomic E-state index is 9.82. The number of esters is 1. The van der Waals surface area contributed by atoms with Gasteiger partial charge < -0.3 is 10.5 Å². The lowest BCUT2D eigenvalue weighted by Crippen LogP contribution is -2.26. The molecule has 0 aromatic rings. The topological polar surface area (TPSA) is 52.3 Å². The third-order valence-corrected chi connectivity index (χ3v) is 2.49. The Kier molecular flexibility index (Phi) is 7.90. The summed E-state index contributed by atoms with van der Waals surface area (Å²) < 4.78 is 4.40. The Balaban J connectivity index is 0. The molecule has 0 aromatic heterocycles. The van der Waals surface area contributed by atoms with E-state index >= 15 is 0 Å². The lowest BCUT2D eigenvalue weighted by atomic mass is 9.96. The Morgan fingerprint density at radius 1 is 1.50 bits per heavy atom. The van der Waals surface area contributed by atoms with Crippen LogP contribution in [0.1, 0.15) is 41.0 Å². The van der Waals surface area contributed by atoms with Gasteiger partial charge in [-0.1, -0.05) is 0 Å². The van der Waals surface area contributed by atoms with Crippen molar-refractivity contribution in [1.29, 1.82) is 0 Å². The van der Waals surface area contributed by atoms with E-state index in [0.29, 0.717) is 18.0 Å².